The summed E-state index contributed by atoms with van der Waals surface area (Å²) >= 11 is 0. The number of imidazole rings is 1. The molecule has 2 N–H and O–H groups in total. The van der Waals surface area contributed by atoms with Gasteiger partial charge < -0.3 is 15.0 Å². The highest BCUT2D eigenvalue weighted by Crippen LogP contribution is 2.26. The molecule has 0 aliphatic carbocycles. The first kappa shape index (κ1) is 12.3. The van der Waals surface area contributed by atoms with Gasteiger partial charge in [-0.2, -0.15) is 0 Å². The molecule has 1 fully saturated rings. The number of nitrogens with two attached hydrogens (primary N) is 1. The standard InChI is InChI=1S/C14H18N4O/c15-14(11-4-6-19-9-11)13-7-16-10-18(13)8-12-3-1-2-5-17-12/h1-3,5,7,10-11,14H,4,6,8-9,15H2. The molecule has 1 aliphatic heterocycles. The number of rotatable bonds is 4. The van der Waals surface area contributed by atoms with E-state index in [2.05, 4.69) is 14.5 Å². The number of nitrogens with zero attached hydrogens (tertiary/aromatic N) is 3. The highest BCUT2D eigenvalue weighted by molar-refractivity contribution is 5.11. The summed E-state index contributed by atoms with van der Waals surface area (Å²) in [5.74, 6) is 0.388. The zero-order chi connectivity index (χ0) is 13.1. The molecule has 0 spiro atoms. The van der Waals surface area contributed by atoms with Crippen LogP contribution in [0.15, 0.2) is 36.9 Å². The second-order valence-electron chi connectivity index (χ2n) is 4.92. The third-order valence-corrected chi connectivity index (χ3v) is 3.62. The Labute approximate surface area is 112 Å². The third kappa shape index (κ3) is 2.67. The van der Waals surface area contributed by atoms with Crippen molar-refractivity contribution in [3.05, 3.63) is 48.3 Å². The monoisotopic (exact) mass is 258 g/mol. The quantitative estimate of drug-likeness (QED) is 0.899. The van der Waals surface area contributed by atoms with Gasteiger partial charge in [-0.05, 0) is 18.6 Å². The third-order valence-electron chi connectivity index (χ3n) is 3.62. The highest BCUT2D eigenvalue weighted by atomic mass is 16.5. The summed E-state index contributed by atoms with van der Waals surface area (Å²) in [5.41, 5.74) is 8.41. The van der Waals surface area contributed by atoms with Crippen LogP contribution in [0.1, 0.15) is 23.9 Å². The van der Waals surface area contributed by atoms with Crippen LogP contribution in [-0.2, 0) is 11.3 Å². The Hall–Kier alpha value is -1.72. The minimum absolute atomic E-state index is 0.0197. The first-order valence-corrected chi connectivity index (χ1v) is 6.58. The van der Waals surface area contributed by atoms with E-state index in [0.29, 0.717) is 12.5 Å². The molecule has 1 saturated heterocycles. The van der Waals surface area contributed by atoms with Gasteiger partial charge >= 0.3 is 0 Å². The summed E-state index contributed by atoms with van der Waals surface area (Å²) in [4.78, 5) is 8.56. The maximum absolute atomic E-state index is 6.34. The molecule has 0 radical (unpaired) electrons. The van der Waals surface area contributed by atoms with Crippen molar-refractivity contribution < 1.29 is 4.74 Å². The lowest BCUT2D eigenvalue weighted by atomic mass is 9.97. The second kappa shape index (κ2) is 5.50. The van der Waals surface area contributed by atoms with E-state index in [1.165, 1.54) is 0 Å². The maximum Gasteiger partial charge on any atom is 0.0952 e. The summed E-state index contributed by atoms with van der Waals surface area (Å²) in [6.45, 7) is 2.26. The molecule has 3 rings (SSSR count). The van der Waals surface area contributed by atoms with Gasteiger partial charge in [-0.1, -0.05) is 6.07 Å². The van der Waals surface area contributed by atoms with Crippen LogP contribution in [0.5, 0.6) is 0 Å². The minimum atomic E-state index is -0.0197. The molecule has 0 bridgehead atoms. The second-order valence-corrected chi connectivity index (χ2v) is 4.92. The largest absolute Gasteiger partial charge is 0.381 e. The predicted octanol–water partition coefficient (Wildman–Crippen LogP) is 1.36. The molecule has 2 unspecified atom stereocenters. The zero-order valence-electron chi connectivity index (χ0n) is 10.8. The van der Waals surface area contributed by atoms with E-state index in [1.54, 1.807) is 6.20 Å². The Balaban J connectivity index is 1.78. The topological polar surface area (TPSA) is 66.0 Å². The number of hydrogen-bond acceptors (Lipinski definition) is 4. The molecule has 3 heterocycles. The maximum atomic E-state index is 6.34. The van der Waals surface area contributed by atoms with Crippen molar-refractivity contribution in [1.29, 1.82) is 0 Å². The number of ether oxygens (including phenoxy) is 1. The molecular formula is C14H18N4O. The summed E-state index contributed by atoms with van der Waals surface area (Å²) in [6, 6.07) is 5.89. The Kier molecular flexibility index (Phi) is 3.57. The number of aromatic nitrogens is 3. The summed E-state index contributed by atoms with van der Waals surface area (Å²) in [7, 11) is 0. The summed E-state index contributed by atoms with van der Waals surface area (Å²) in [6.07, 6.45) is 6.50. The fourth-order valence-electron chi connectivity index (χ4n) is 2.48. The SMILES string of the molecule is NC(c1cncn1Cc1ccccn1)C1CCOC1. The Morgan fingerprint density at radius 2 is 2.42 bits per heavy atom. The molecule has 5 heteroatoms. The van der Waals surface area contributed by atoms with Crippen molar-refractivity contribution in [2.75, 3.05) is 13.2 Å². The number of pyridine rings is 1. The van der Waals surface area contributed by atoms with E-state index in [-0.39, 0.29) is 6.04 Å². The van der Waals surface area contributed by atoms with Crippen LogP contribution in [0.2, 0.25) is 0 Å². The minimum Gasteiger partial charge on any atom is -0.381 e. The van der Waals surface area contributed by atoms with E-state index in [0.717, 1.165) is 31.0 Å². The molecule has 2 aromatic heterocycles. The van der Waals surface area contributed by atoms with Crippen molar-refractivity contribution in [3.63, 3.8) is 0 Å². The molecule has 1 aliphatic rings. The van der Waals surface area contributed by atoms with Gasteiger partial charge in [0.15, 0.2) is 0 Å². The van der Waals surface area contributed by atoms with Gasteiger partial charge in [0.25, 0.3) is 0 Å². The van der Waals surface area contributed by atoms with Gasteiger partial charge in [0.05, 0.1) is 36.9 Å². The number of hydrogen-bond donors (Lipinski definition) is 1. The lowest BCUT2D eigenvalue weighted by Crippen LogP contribution is -2.24. The molecule has 2 atom stereocenters. The average molecular weight is 258 g/mol. The fraction of sp³-hybridized carbons (Fsp3) is 0.429. The molecule has 100 valence electrons. The average Bonchev–Trinajstić information content (AvgIpc) is 3.10. The van der Waals surface area contributed by atoms with Gasteiger partial charge in [0.1, 0.15) is 0 Å². The van der Waals surface area contributed by atoms with Crippen LogP contribution in [0.3, 0.4) is 0 Å². The van der Waals surface area contributed by atoms with Crippen LogP contribution in [0, 0.1) is 5.92 Å². The van der Waals surface area contributed by atoms with Crippen LogP contribution in [-0.4, -0.2) is 27.7 Å². The van der Waals surface area contributed by atoms with Gasteiger partial charge in [0, 0.05) is 24.9 Å². The van der Waals surface area contributed by atoms with Crippen molar-refractivity contribution in [2.24, 2.45) is 11.7 Å². The Bertz CT molecular complexity index is 519. The summed E-state index contributed by atoms with van der Waals surface area (Å²) in [5, 5.41) is 0. The lowest BCUT2D eigenvalue weighted by Gasteiger charge is -2.19. The first-order chi connectivity index (χ1) is 9.34. The van der Waals surface area contributed by atoms with Gasteiger partial charge in [0.2, 0.25) is 0 Å². The van der Waals surface area contributed by atoms with E-state index < -0.39 is 0 Å². The van der Waals surface area contributed by atoms with Gasteiger partial charge in [-0.25, -0.2) is 4.98 Å². The van der Waals surface area contributed by atoms with E-state index in [4.69, 9.17) is 10.5 Å². The van der Waals surface area contributed by atoms with Crippen LogP contribution in [0.25, 0.3) is 0 Å². The molecule has 0 aromatic carbocycles. The highest BCUT2D eigenvalue weighted by Gasteiger charge is 2.26. The van der Waals surface area contributed by atoms with Crippen LogP contribution < -0.4 is 5.73 Å². The first-order valence-electron chi connectivity index (χ1n) is 6.58. The van der Waals surface area contributed by atoms with Crippen molar-refractivity contribution in [1.82, 2.24) is 14.5 Å². The predicted molar refractivity (Wildman–Crippen MR) is 71.4 cm³/mol. The van der Waals surface area contributed by atoms with Crippen molar-refractivity contribution >= 4 is 0 Å². The van der Waals surface area contributed by atoms with E-state index in [9.17, 15) is 0 Å². The fourth-order valence-corrected chi connectivity index (χ4v) is 2.48. The van der Waals surface area contributed by atoms with Crippen LogP contribution >= 0.6 is 0 Å². The molecule has 0 amide bonds. The van der Waals surface area contributed by atoms with Gasteiger partial charge in [-0.3, -0.25) is 4.98 Å². The molecule has 5 nitrogen and oxygen atoms in total. The normalized spacial score (nSPS) is 20.6. The van der Waals surface area contributed by atoms with E-state index >= 15 is 0 Å². The summed E-state index contributed by atoms with van der Waals surface area (Å²) < 4.78 is 7.49. The van der Waals surface area contributed by atoms with Crippen molar-refractivity contribution in [3.8, 4) is 0 Å². The Morgan fingerprint density at radius 1 is 1.47 bits per heavy atom. The smallest absolute Gasteiger partial charge is 0.0952 e. The molecule has 0 saturated carbocycles. The Morgan fingerprint density at radius 3 is 3.16 bits per heavy atom. The van der Waals surface area contributed by atoms with Crippen LogP contribution in [0.4, 0.5) is 0 Å². The molecule has 2 aromatic rings. The molecular weight excluding hydrogens is 240 g/mol. The molecule has 19 heavy (non-hydrogen) atoms. The van der Waals surface area contributed by atoms with Crippen molar-refractivity contribution in [2.45, 2.75) is 19.0 Å². The van der Waals surface area contributed by atoms with E-state index in [1.807, 2.05) is 30.7 Å². The van der Waals surface area contributed by atoms with Gasteiger partial charge in [-0.15, -0.1) is 0 Å². The lowest BCUT2D eigenvalue weighted by molar-refractivity contribution is 0.180. The zero-order valence-corrected chi connectivity index (χ0v) is 10.8.